The van der Waals surface area contributed by atoms with Crippen molar-refractivity contribution in [3.63, 3.8) is 0 Å². The van der Waals surface area contributed by atoms with Crippen molar-refractivity contribution in [3.8, 4) is 28.4 Å². The van der Waals surface area contributed by atoms with Crippen molar-refractivity contribution in [2.24, 2.45) is 0 Å². The maximum Gasteiger partial charge on any atom is 0.184 e. The molecule has 0 unspecified atom stereocenters. The van der Waals surface area contributed by atoms with Crippen LogP contribution in [0.25, 0.3) is 11.1 Å². The highest BCUT2D eigenvalue weighted by Crippen LogP contribution is 2.43. The highest BCUT2D eigenvalue weighted by Gasteiger charge is 2.17. The monoisotopic (exact) mass is 358 g/mol. The van der Waals surface area contributed by atoms with Gasteiger partial charge in [0.2, 0.25) is 0 Å². The van der Waals surface area contributed by atoms with E-state index in [9.17, 15) is 0 Å². The standard InChI is InChI=1S/C21H30N2O3/c1-4-11-24-19-14-15(7-9-17(19)22)16-8-10-18(23)21(26-13-6-3)20(16)25-12-5-2/h7-10,14H,4-6,11-13,22-23H2,1-3H3. The van der Waals surface area contributed by atoms with Gasteiger partial charge in [0.1, 0.15) is 5.75 Å². The number of anilines is 2. The first-order chi connectivity index (χ1) is 12.6. The van der Waals surface area contributed by atoms with Crippen LogP contribution in [-0.2, 0) is 0 Å². The van der Waals surface area contributed by atoms with Crippen LogP contribution in [0.15, 0.2) is 30.3 Å². The molecule has 5 heteroatoms. The molecular weight excluding hydrogens is 328 g/mol. The van der Waals surface area contributed by atoms with Crippen molar-refractivity contribution in [1.82, 2.24) is 0 Å². The van der Waals surface area contributed by atoms with Crippen LogP contribution in [0.4, 0.5) is 11.4 Å². The Hall–Kier alpha value is -2.56. The topological polar surface area (TPSA) is 79.7 Å². The van der Waals surface area contributed by atoms with Crippen LogP contribution in [0.2, 0.25) is 0 Å². The molecule has 2 rings (SSSR count). The van der Waals surface area contributed by atoms with Crippen molar-refractivity contribution in [1.29, 1.82) is 0 Å². The lowest BCUT2D eigenvalue weighted by Gasteiger charge is -2.19. The lowest BCUT2D eigenvalue weighted by Crippen LogP contribution is -2.05. The molecule has 0 aliphatic carbocycles. The normalized spacial score (nSPS) is 10.6. The average Bonchev–Trinajstić information content (AvgIpc) is 2.65. The van der Waals surface area contributed by atoms with Crippen LogP contribution in [-0.4, -0.2) is 19.8 Å². The third-order valence-electron chi connectivity index (χ3n) is 3.83. The maximum atomic E-state index is 6.15. The molecule has 2 aromatic rings. The molecule has 0 amide bonds. The third kappa shape index (κ3) is 4.75. The summed E-state index contributed by atoms with van der Waals surface area (Å²) >= 11 is 0. The third-order valence-corrected chi connectivity index (χ3v) is 3.83. The molecule has 0 bridgehead atoms. The minimum Gasteiger partial charge on any atom is -0.491 e. The van der Waals surface area contributed by atoms with Crippen molar-refractivity contribution in [3.05, 3.63) is 30.3 Å². The molecular formula is C21H30N2O3. The summed E-state index contributed by atoms with van der Waals surface area (Å²) in [7, 11) is 0. The molecule has 5 nitrogen and oxygen atoms in total. The van der Waals surface area contributed by atoms with Gasteiger partial charge in [0.15, 0.2) is 11.5 Å². The fraction of sp³-hybridized carbons (Fsp3) is 0.429. The van der Waals surface area contributed by atoms with E-state index >= 15 is 0 Å². The van der Waals surface area contributed by atoms with Gasteiger partial charge in [0.25, 0.3) is 0 Å². The van der Waals surface area contributed by atoms with Crippen molar-refractivity contribution >= 4 is 11.4 Å². The first-order valence-electron chi connectivity index (χ1n) is 9.33. The molecule has 142 valence electrons. The Bertz CT molecular complexity index is 717. The zero-order valence-electron chi connectivity index (χ0n) is 16.0. The first kappa shape index (κ1) is 19.8. The van der Waals surface area contributed by atoms with E-state index in [0.717, 1.165) is 30.4 Å². The van der Waals surface area contributed by atoms with Gasteiger partial charge in [-0.3, -0.25) is 0 Å². The van der Waals surface area contributed by atoms with Gasteiger partial charge in [-0.05, 0) is 49.1 Å². The zero-order valence-corrected chi connectivity index (χ0v) is 16.0. The van der Waals surface area contributed by atoms with E-state index in [-0.39, 0.29) is 0 Å². The highest BCUT2D eigenvalue weighted by molar-refractivity contribution is 5.80. The highest BCUT2D eigenvalue weighted by atomic mass is 16.5. The molecule has 0 atom stereocenters. The molecule has 0 saturated heterocycles. The smallest absolute Gasteiger partial charge is 0.184 e. The van der Waals surface area contributed by atoms with Crippen LogP contribution in [0.3, 0.4) is 0 Å². The second kappa shape index (κ2) is 9.80. The summed E-state index contributed by atoms with van der Waals surface area (Å²) in [6.07, 6.45) is 2.72. The summed E-state index contributed by atoms with van der Waals surface area (Å²) < 4.78 is 17.7. The largest absolute Gasteiger partial charge is 0.491 e. The van der Waals surface area contributed by atoms with E-state index in [1.54, 1.807) is 0 Å². The predicted octanol–water partition coefficient (Wildman–Crippen LogP) is 4.88. The molecule has 26 heavy (non-hydrogen) atoms. The van der Waals surface area contributed by atoms with E-state index in [4.69, 9.17) is 25.7 Å². The molecule has 0 spiro atoms. The molecule has 0 aliphatic heterocycles. The van der Waals surface area contributed by atoms with Gasteiger partial charge < -0.3 is 25.7 Å². The van der Waals surface area contributed by atoms with Crippen LogP contribution in [0, 0.1) is 0 Å². The van der Waals surface area contributed by atoms with E-state index in [2.05, 4.69) is 20.8 Å². The molecule has 0 heterocycles. The summed E-state index contributed by atoms with van der Waals surface area (Å²) in [6.45, 7) is 7.99. The summed E-state index contributed by atoms with van der Waals surface area (Å²) in [5.74, 6) is 1.95. The summed E-state index contributed by atoms with van der Waals surface area (Å²) in [5.41, 5.74) is 15.3. The van der Waals surface area contributed by atoms with E-state index in [1.807, 2.05) is 30.3 Å². The Balaban J connectivity index is 2.50. The Labute approximate surface area is 156 Å². The van der Waals surface area contributed by atoms with Gasteiger partial charge in [-0.25, -0.2) is 0 Å². The Kier molecular flexibility index (Phi) is 7.45. The van der Waals surface area contributed by atoms with E-state index in [1.165, 1.54) is 0 Å². The number of rotatable bonds is 10. The number of hydrogen-bond acceptors (Lipinski definition) is 5. The van der Waals surface area contributed by atoms with Gasteiger partial charge in [0, 0.05) is 5.56 Å². The number of benzene rings is 2. The number of nitrogens with two attached hydrogens (primary N) is 2. The number of hydrogen-bond donors (Lipinski definition) is 2. The van der Waals surface area contributed by atoms with Gasteiger partial charge in [-0.2, -0.15) is 0 Å². The minimum atomic E-state index is 0.575. The van der Waals surface area contributed by atoms with Gasteiger partial charge in [-0.1, -0.05) is 26.8 Å². The molecule has 0 fully saturated rings. The minimum absolute atomic E-state index is 0.575. The van der Waals surface area contributed by atoms with E-state index in [0.29, 0.717) is 48.4 Å². The summed E-state index contributed by atoms with van der Waals surface area (Å²) in [6, 6.07) is 9.56. The van der Waals surface area contributed by atoms with Gasteiger partial charge in [-0.15, -0.1) is 0 Å². The van der Waals surface area contributed by atoms with Crippen LogP contribution in [0.5, 0.6) is 17.2 Å². The lowest BCUT2D eigenvalue weighted by atomic mass is 10.0. The Morgan fingerprint density at radius 2 is 1.27 bits per heavy atom. The van der Waals surface area contributed by atoms with Gasteiger partial charge >= 0.3 is 0 Å². The quantitative estimate of drug-likeness (QED) is 0.591. The fourth-order valence-electron chi connectivity index (χ4n) is 2.54. The molecule has 0 saturated carbocycles. The van der Waals surface area contributed by atoms with Crippen molar-refractivity contribution < 1.29 is 14.2 Å². The van der Waals surface area contributed by atoms with Gasteiger partial charge in [0.05, 0.1) is 31.2 Å². The first-order valence-corrected chi connectivity index (χ1v) is 9.33. The molecule has 0 aliphatic rings. The van der Waals surface area contributed by atoms with Crippen LogP contribution < -0.4 is 25.7 Å². The molecule has 0 aromatic heterocycles. The summed E-state index contributed by atoms with van der Waals surface area (Å²) in [5, 5.41) is 0. The Morgan fingerprint density at radius 1 is 0.692 bits per heavy atom. The predicted molar refractivity (Wildman–Crippen MR) is 108 cm³/mol. The molecule has 2 aromatic carbocycles. The molecule has 0 radical (unpaired) electrons. The summed E-state index contributed by atoms with van der Waals surface area (Å²) in [4.78, 5) is 0. The fourth-order valence-corrected chi connectivity index (χ4v) is 2.54. The lowest BCUT2D eigenvalue weighted by molar-refractivity contribution is 0.270. The second-order valence-electron chi connectivity index (χ2n) is 6.16. The SMILES string of the molecule is CCCOc1cc(-c2ccc(N)c(OCCC)c2OCCC)ccc1N. The van der Waals surface area contributed by atoms with E-state index < -0.39 is 0 Å². The number of ether oxygens (including phenoxy) is 3. The van der Waals surface area contributed by atoms with Crippen molar-refractivity contribution in [2.45, 2.75) is 40.0 Å². The second-order valence-corrected chi connectivity index (χ2v) is 6.16. The molecule has 4 N–H and O–H groups in total. The van der Waals surface area contributed by atoms with Crippen LogP contribution in [0.1, 0.15) is 40.0 Å². The maximum absolute atomic E-state index is 6.15. The average molecular weight is 358 g/mol. The van der Waals surface area contributed by atoms with Crippen LogP contribution >= 0.6 is 0 Å². The van der Waals surface area contributed by atoms with Crippen molar-refractivity contribution in [2.75, 3.05) is 31.3 Å². The Morgan fingerprint density at radius 3 is 1.92 bits per heavy atom. The number of nitrogen functional groups attached to an aromatic ring is 2. The zero-order chi connectivity index (χ0) is 18.9.